The van der Waals surface area contributed by atoms with Crippen LogP contribution in [0, 0.1) is 0 Å². The van der Waals surface area contributed by atoms with Gasteiger partial charge in [0.05, 0.1) is 0 Å². The van der Waals surface area contributed by atoms with Crippen molar-refractivity contribution in [2.45, 2.75) is 48.5 Å². The van der Waals surface area contributed by atoms with E-state index in [-0.39, 0.29) is 0 Å². The van der Waals surface area contributed by atoms with Crippen LogP contribution >= 0.6 is 11.8 Å². The van der Waals surface area contributed by atoms with Gasteiger partial charge in [-0.05, 0) is 6.42 Å². The van der Waals surface area contributed by atoms with Gasteiger partial charge in [0.15, 0.2) is 11.3 Å². The Labute approximate surface area is 122 Å². The highest BCUT2D eigenvalue weighted by Crippen LogP contribution is 2.40. The number of aliphatic imine (C=N–C) groups is 1. The number of amidine groups is 1. The van der Waals surface area contributed by atoms with Crippen molar-refractivity contribution >= 4 is 16.9 Å². The van der Waals surface area contributed by atoms with Gasteiger partial charge in [-0.25, -0.2) is 0 Å². The topological polar surface area (TPSA) is 85.5 Å². The number of aliphatic hydroxyl groups excluding tert-OH is 3. The first-order valence-electron chi connectivity index (χ1n) is 6.55. The fourth-order valence-corrected chi connectivity index (χ4v) is 3.75. The fraction of sp³-hybridized carbons (Fsp3) is 0.909. The summed E-state index contributed by atoms with van der Waals surface area (Å²) in [5, 5.41) is 29.6. The Balaban J connectivity index is 1.74. The Hall–Kier alpha value is -0.550. The van der Waals surface area contributed by atoms with Crippen LogP contribution in [-0.4, -0.2) is 80.5 Å². The van der Waals surface area contributed by atoms with E-state index in [1.165, 1.54) is 0 Å². The van der Waals surface area contributed by atoms with Gasteiger partial charge in [0, 0.05) is 13.1 Å². The maximum Gasteiger partial charge on any atom is 0.417 e. The first-order chi connectivity index (χ1) is 9.79. The molecule has 0 saturated carbocycles. The minimum atomic E-state index is -4.93. The normalized spacial score (nSPS) is 41.3. The molecule has 0 radical (unpaired) electrons. The molecule has 10 heteroatoms. The van der Waals surface area contributed by atoms with E-state index in [0.717, 1.165) is 31.3 Å². The molecule has 0 aromatic rings. The van der Waals surface area contributed by atoms with Crippen molar-refractivity contribution in [1.29, 1.82) is 0 Å². The minimum Gasteiger partial charge on any atom is -0.388 e. The van der Waals surface area contributed by atoms with Gasteiger partial charge in [0.1, 0.15) is 29.8 Å². The van der Waals surface area contributed by atoms with E-state index < -0.39 is 42.1 Å². The Bertz CT molecular complexity index is 446. The molecule has 6 nitrogen and oxygen atoms in total. The second-order valence-corrected chi connectivity index (χ2v) is 6.36. The molecule has 3 heterocycles. The van der Waals surface area contributed by atoms with E-state index >= 15 is 0 Å². The summed E-state index contributed by atoms with van der Waals surface area (Å²) in [5.74, 6) is 0. The maximum atomic E-state index is 12.6. The summed E-state index contributed by atoms with van der Waals surface area (Å²) in [4.78, 5) is 6.16. The number of likely N-dealkylation sites (tertiary alicyclic amines) is 1. The lowest BCUT2D eigenvalue weighted by molar-refractivity contribution is -0.271. The second kappa shape index (κ2) is 5.27. The number of halogens is 3. The lowest BCUT2D eigenvalue weighted by Crippen LogP contribution is -2.60. The predicted molar refractivity (Wildman–Crippen MR) is 67.7 cm³/mol. The summed E-state index contributed by atoms with van der Waals surface area (Å²) in [7, 11) is 0. The summed E-state index contributed by atoms with van der Waals surface area (Å²) < 4.78 is 42.9. The molecule has 2 saturated heterocycles. The standard InChI is InChI=1S/C11H15F3N2O4S/c12-11(13,14)8(19)7-6(18)5(17)4-9(20-7)21-10(15-4)16-2-1-3-16/h4-9,17-19H,1-3H2/t4?,5?,6?,7?,8-,9?/m0/s1. The van der Waals surface area contributed by atoms with Crippen molar-refractivity contribution in [3.63, 3.8) is 0 Å². The van der Waals surface area contributed by atoms with E-state index in [2.05, 4.69) is 4.99 Å². The van der Waals surface area contributed by atoms with Gasteiger partial charge in [-0.15, -0.1) is 0 Å². The zero-order valence-electron chi connectivity index (χ0n) is 10.8. The highest BCUT2D eigenvalue weighted by Gasteiger charge is 2.56. The summed E-state index contributed by atoms with van der Waals surface area (Å²) >= 11 is 1.12. The highest BCUT2D eigenvalue weighted by atomic mass is 32.2. The molecule has 6 atom stereocenters. The van der Waals surface area contributed by atoms with Gasteiger partial charge in [-0.3, -0.25) is 4.99 Å². The van der Waals surface area contributed by atoms with E-state index in [0.29, 0.717) is 5.17 Å². The third-order valence-electron chi connectivity index (χ3n) is 3.86. The lowest BCUT2D eigenvalue weighted by Gasteiger charge is -2.40. The van der Waals surface area contributed by atoms with Crippen LogP contribution in [0.5, 0.6) is 0 Å². The summed E-state index contributed by atoms with van der Waals surface area (Å²) in [6, 6.07) is -0.822. The van der Waals surface area contributed by atoms with E-state index in [1.807, 2.05) is 4.90 Å². The minimum absolute atomic E-state index is 0.602. The van der Waals surface area contributed by atoms with Crippen LogP contribution in [0.15, 0.2) is 4.99 Å². The number of aliphatic hydroxyl groups is 3. The average molecular weight is 328 g/mol. The number of fused-ring (bicyclic) bond motifs is 1. The smallest absolute Gasteiger partial charge is 0.388 e. The zero-order valence-corrected chi connectivity index (χ0v) is 11.6. The van der Waals surface area contributed by atoms with Crippen LogP contribution < -0.4 is 0 Å². The molecule has 0 amide bonds. The molecule has 0 spiro atoms. The Morgan fingerprint density at radius 2 is 1.95 bits per heavy atom. The predicted octanol–water partition coefficient (Wildman–Crippen LogP) is -0.467. The molecule has 0 aromatic heterocycles. The molecule has 3 N–H and O–H groups in total. The molecule has 2 fully saturated rings. The van der Waals surface area contributed by atoms with Crippen LogP contribution in [0.3, 0.4) is 0 Å². The second-order valence-electron chi connectivity index (χ2n) is 5.30. The maximum absolute atomic E-state index is 12.6. The molecule has 0 aromatic carbocycles. The number of thioether (sulfide) groups is 1. The number of alkyl halides is 3. The van der Waals surface area contributed by atoms with Gasteiger partial charge in [0.2, 0.25) is 0 Å². The first kappa shape index (κ1) is 15.3. The van der Waals surface area contributed by atoms with Crippen molar-refractivity contribution in [2.24, 2.45) is 4.99 Å². The quantitative estimate of drug-likeness (QED) is 0.604. The molecule has 5 unspecified atom stereocenters. The molecule has 3 aliphatic heterocycles. The summed E-state index contributed by atoms with van der Waals surface area (Å²) in [6.07, 6.45) is -12.0. The molecular weight excluding hydrogens is 313 g/mol. The molecule has 120 valence electrons. The summed E-state index contributed by atoms with van der Waals surface area (Å²) in [5.41, 5.74) is -0.832. The molecular formula is C11H15F3N2O4S. The SMILES string of the molecule is OC1C(O)C([C@H](O)C(F)(F)F)OC2SC(N3CCC3)=NC21. The van der Waals surface area contributed by atoms with E-state index in [9.17, 15) is 28.5 Å². The number of hydrogen-bond donors (Lipinski definition) is 3. The number of rotatable bonds is 1. The largest absolute Gasteiger partial charge is 0.417 e. The third-order valence-corrected chi connectivity index (χ3v) is 5.06. The van der Waals surface area contributed by atoms with Crippen LogP contribution in [-0.2, 0) is 4.74 Å². The Morgan fingerprint density at radius 1 is 1.29 bits per heavy atom. The average Bonchev–Trinajstić information content (AvgIpc) is 2.73. The van der Waals surface area contributed by atoms with Gasteiger partial charge in [0.25, 0.3) is 0 Å². The molecule has 0 aliphatic carbocycles. The molecule has 3 rings (SSSR count). The van der Waals surface area contributed by atoms with Crippen molar-refractivity contribution in [1.82, 2.24) is 4.90 Å². The van der Waals surface area contributed by atoms with E-state index in [4.69, 9.17) is 4.74 Å². The first-order valence-corrected chi connectivity index (χ1v) is 7.43. The van der Waals surface area contributed by atoms with Gasteiger partial charge in [-0.1, -0.05) is 11.8 Å². The monoisotopic (exact) mass is 328 g/mol. The Morgan fingerprint density at radius 3 is 2.48 bits per heavy atom. The summed E-state index contributed by atoms with van der Waals surface area (Å²) in [6.45, 7) is 1.61. The third kappa shape index (κ3) is 2.63. The van der Waals surface area contributed by atoms with Gasteiger partial charge in [-0.2, -0.15) is 13.2 Å². The van der Waals surface area contributed by atoms with Gasteiger partial charge < -0.3 is 25.0 Å². The van der Waals surface area contributed by atoms with Crippen LogP contribution in [0.2, 0.25) is 0 Å². The number of ether oxygens (including phenoxy) is 1. The van der Waals surface area contributed by atoms with Crippen molar-refractivity contribution < 1.29 is 33.2 Å². The van der Waals surface area contributed by atoms with Gasteiger partial charge >= 0.3 is 6.18 Å². The Kier molecular flexibility index (Phi) is 3.85. The highest BCUT2D eigenvalue weighted by molar-refractivity contribution is 8.14. The van der Waals surface area contributed by atoms with Crippen molar-refractivity contribution in [3.05, 3.63) is 0 Å². The van der Waals surface area contributed by atoms with Crippen molar-refractivity contribution in [3.8, 4) is 0 Å². The molecule has 21 heavy (non-hydrogen) atoms. The number of nitrogens with zero attached hydrogens (tertiary/aromatic N) is 2. The molecule has 3 aliphatic rings. The fourth-order valence-electron chi connectivity index (χ4n) is 2.48. The van der Waals surface area contributed by atoms with Crippen LogP contribution in [0.4, 0.5) is 13.2 Å². The molecule has 0 bridgehead atoms. The van der Waals surface area contributed by atoms with E-state index in [1.54, 1.807) is 0 Å². The zero-order chi connectivity index (χ0) is 15.4. The van der Waals surface area contributed by atoms with Crippen LogP contribution in [0.1, 0.15) is 6.42 Å². The van der Waals surface area contributed by atoms with Crippen molar-refractivity contribution in [2.75, 3.05) is 13.1 Å². The van der Waals surface area contributed by atoms with Crippen LogP contribution in [0.25, 0.3) is 0 Å². The number of hydrogen-bond acceptors (Lipinski definition) is 7. The lowest BCUT2D eigenvalue weighted by atomic mass is 9.94.